The summed E-state index contributed by atoms with van der Waals surface area (Å²) in [6, 6.07) is 16.7. The van der Waals surface area contributed by atoms with E-state index in [9.17, 15) is 0 Å². The van der Waals surface area contributed by atoms with Crippen LogP contribution in [0.3, 0.4) is 0 Å². The zero-order valence-electron chi connectivity index (χ0n) is 15.4. The Bertz CT molecular complexity index is 826. The third-order valence-corrected chi connectivity index (χ3v) is 5.22. The van der Waals surface area contributed by atoms with Crippen molar-refractivity contribution < 1.29 is 0 Å². The zero-order valence-corrected chi connectivity index (χ0v) is 17.0. The highest BCUT2D eigenvalue weighted by molar-refractivity contribution is 9.10. The molecular formula is C21H25BrN4. The number of anilines is 1. The van der Waals surface area contributed by atoms with Crippen LogP contribution in [-0.2, 0) is 6.54 Å². The van der Waals surface area contributed by atoms with Crippen LogP contribution in [0, 0.1) is 0 Å². The van der Waals surface area contributed by atoms with Gasteiger partial charge >= 0.3 is 0 Å². The summed E-state index contributed by atoms with van der Waals surface area (Å²) in [6.07, 6.45) is 1.67. The Labute approximate surface area is 164 Å². The third-order valence-electron chi connectivity index (χ3n) is 4.69. The van der Waals surface area contributed by atoms with Gasteiger partial charge in [-0.2, -0.15) is 0 Å². The highest BCUT2D eigenvalue weighted by Crippen LogP contribution is 2.24. The Balaban J connectivity index is 1.91. The van der Waals surface area contributed by atoms with Crippen molar-refractivity contribution in [2.75, 3.05) is 31.1 Å². The van der Waals surface area contributed by atoms with Crippen molar-refractivity contribution in [1.29, 1.82) is 0 Å². The van der Waals surface area contributed by atoms with Gasteiger partial charge in [0, 0.05) is 29.5 Å². The van der Waals surface area contributed by atoms with E-state index in [-0.39, 0.29) is 0 Å². The molecule has 0 saturated carbocycles. The number of rotatable bonds is 8. The van der Waals surface area contributed by atoms with Gasteiger partial charge in [-0.25, -0.2) is 9.97 Å². The average molecular weight is 413 g/mol. The number of nitrogens with zero attached hydrogens (tertiary/aromatic N) is 4. The van der Waals surface area contributed by atoms with Crippen LogP contribution in [0.25, 0.3) is 10.9 Å². The topological polar surface area (TPSA) is 32.3 Å². The monoisotopic (exact) mass is 412 g/mol. The number of para-hydroxylation sites is 1. The van der Waals surface area contributed by atoms with Crippen LogP contribution in [0.4, 0.5) is 5.82 Å². The molecular weight excluding hydrogens is 388 g/mol. The van der Waals surface area contributed by atoms with E-state index in [1.54, 1.807) is 6.33 Å². The Kier molecular flexibility index (Phi) is 6.58. The third kappa shape index (κ3) is 4.59. The molecule has 136 valence electrons. The van der Waals surface area contributed by atoms with Crippen molar-refractivity contribution in [1.82, 2.24) is 14.9 Å². The Hall–Kier alpha value is -1.98. The second-order valence-electron chi connectivity index (χ2n) is 6.29. The summed E-state index contributed by atoms with van der Waals surface area (Å²) in [5.74, 6) is 1.01. The van der Waals surface area contributed by atoms with E-state index in [0.29, 0.717) is 0 Å². The van der Waals surface area contributed by atoms with Gasteiger partial charge in [0.1, 0.15) is 12.1 Å². The summed E-state index contributed by atoms with van der Waals surface area (Å²) in [5.41, 5.74) is 2.26. The highest BCUT2D eigenvalue weighted by atomic mass is 79.9. The minimum absolute atomic E-state index is 0.829. The van der Waals surface area contributed by atoms with Crippen molar-refractivity contribution in [3.8, 4) is 0 Å². The fraction of sp³-hybridized carbons (Fsp3) is 0.333. The maximum atomic E-state index is 4.64. The fourth-order valence-corrected chi connectivity index (χ4v) is 3.38. The lowest BCUT2D eigenvalue weighted by Gasteiger charge is -2.28. The first kappa shape index (κ1) is 18.8. The SMILES string of the molecule is CCN(CC)CCN(Cc1ccc(Br)cc1)c1ncnc2ccccc12. The van der Waals surface area contributed by atoms with Crippen molar-refractivity contribution in [2.45, 2.75) is 20.4 Å². The van der Waals surface area contributed by atoms with E-state index in [1.807, 2.05) is 12.1 Å². The number of hydrogen-bond acceptors (Lipinski definition) is 4. The molecule has 1 aromatic heterocycles. The van der Waals surface area contributed by atoms with Crippen LogP contribution in [0.5, 0.6) is 0 Å². The summed E-state index contributed by atoms with van der Waals surface area (Å²) in [6.45, 7) is 9.32. The minimum atomic E-state index is 0.829. The number of aromatic nitrogens is 2. The second kappa shape index (κ2) is 9.10. The molecule has 0 aliphatic heterocycles. The van der Waals surface area contributed by atoms with Crippen molar-refractivity contribution in [3.63, 3.8) is 0 Å². The number of hydrogen-bond donors (Lipinski definition) is 0. The van der Waals surface area contributed by atoms with Crippen LogP contribution in [0.15, 0.2) is 59.3 Å². The summed E-state index contributed by atoms with van der Waals surface area (Å²) in [7, 11) is 0. The lowest BCUT2D eigenvalue weighted by molar-refractivity contribution is 0.309. The number of likely N-dealkylation sites (N-methyl/N-ethyl adjacent to an activating group) is 1. The fourth-order valence-electron chi connectivity index (χ4n) is 3.11. The first-order chi connectivity index (χ1) is 12.7. The molecule has 0 spiro atoms. The molecule has 0 N–H and O–H groups in total. The van der Waals surface area contributed by atoms with Crippen LogP contribution < -0.4 is 4.90 Å². The Morgan fingerprint density at radius 1 is 0.885 bits per heavy atom. The predicted octanol–water partition coefficient (Wildman–Crippen LogP) is 4.74. The van der Waals surface area contributed by atoms with E-state index in [2.05, 4.69) is 85.9 Å². The molecule has 0 aliphatic rings. The smallest absolute Gasteiger partial charge is 0.140 e. The highest BCUT2D eigenvalue weighted by Gasteiger charge is 2.14. The first-order valence-electron chi connectivity index (χ1n) is 9.12. The summed E-state index contributed by atoms with van der Waals surface area (Å²) < 4.78 is 1.10. The summed E-state index contributed by atoms with van der Waals surface area (Å²) in [5, 5.41) is 1.10. The molecule has 0 fully saturated rings. The van der Waals surface area contributed by atoms with Crippen molar-refractivity contribution in [2.24, 2.45) is 0 Å². The molecule has 0 atom stereocenters. The van der Waals surface area contributed by atoms with Gasteiger partial charge in [-0.1, -0.05) is 54.0 Å². The molecule has 26 heavy (non-hydrogen) atoms. The van der Waals surface area contributed by atoms with E-state index < -0.39 is 0 Å². The van der Waals surface area contributed by atoms with Crippen LogP contribution >= 0.6 is 15.9 Å². The van der Waals surface area contributed by atoms with E-state index >= 15 is 0 Å². The Morgan fingerprint density at radius 2 is 1.62 bits per heavy atom. The van der Waals surface area contributed by atoms with Crippen LogP contribution in [-0.4, -0.2) is 41.0 Å². The van der Waals surface area contributed by atoms with Gasteiger partial charge in [0.25, 0.3) is 0 Å². The van der Waals surface area contributed by atoms with Gasteiger partial charge < -0.3 is 9.80 Å². The molecule has 4 nitrogen and oxygen atoms in total. The lowest BCUT2D eigenvalue weighted by atomic mass is 10.2. The van der Waals surface area contributed by atoms with Gasteiger partial charge in [-0.05, 0) is 42.9 Å². The quantitative estimate of drug-likeness (QED) is 0.534. The normalized spacial score (nSPS) is 11.2. The molecule has 5 heteroatoms. The molecule has 0 amide bonds. The number of halogens is 1. The van der Waals surface area contributed by atoms with Gasteiger partial charge in [-0.3, -0.25) is 0 Å². The first-order valence-corrected chi connectivity index (χ1v) is 9.92. The maximum absolute atomic E-state index is 4.64. The summed E-state index contributed by atoms with van der Waals surface area (Å²) >= 11 is 3.52. The van der Waals surface area contributed by atoms with E-state index in [0.717, 1.165) is 53.9 Å². The summed E-state index contributed by atoms with van der Waals surface area (Å²) in [4.78, 5) is 13.9. The van der Waals surface area contributed by atoms with Gasteiger partial charge in [0.2, 0.25) is 0 Å². The molecule has 1 heterocycles. The zero-order chi connectivity index (χ0) is 18.4. The van der Waals surface area contributed by atoms with Gasteiger partial charge in [0.15, 0.2) is 0 Å². The average Bonchev–Trinajstić information content (AvgIpc) is 2.69. The van der Waals surface area contributed by atoms with Gasteiger partial charge in [0.05, 0.1) is 5.52 Å². The molecule has 0 radical (unpaired) electrons. The second-order valence-corrected chi connectivity index (χ2v) is 7.21. The molecule has 0 saturated heterocycles. The number of fused-ring (bicyclic) bond motifs is 1. The van der Waals surface area contributed by atoms with Crippen LogP contribution in [0.1, 0.15) is 19.4 Å². The lowest BCUT2D eigenvalue weighted by Crippen LogP contribution is -2.35. The van der Waals surface area contributed by atoms with E-state index in [4.69, 9.17) is 0 Å². The van der Waals surface area contributed by atoms with E-state index in [1.165, 1.54) is 5.56 Å². The standard InChI is InChI=1S/C21H25BrN4/c1-3-25(4-2)13-14-26(15-17-9-11-18(22)12-10-17)21-19-7-5-6-8-20(19)23-16-24-21/h5-12,16H,3-4,13-15H2,1-2H3. The molecule has 0 unspecified atom stereocenters. The minimum Gasteiger partial charge on any atom is -0.350 e. The van der Waals surface area contributed by atoms with Crippen molar-refractivity contribution in [3.05, 3.63) is 64.9 Å². The molecule has 0 aliphatic carbocycles. The van der Waals surface area contributed by atoms with Gasteiger partial charge in [-0.15, -0.1) is 0 Å². The molecule has 2 aromatic carbocycles. The molecule has 3 aromatic rings. The number of benzene rings is 2. The molecule has 3 rings (SSSR count). The Morgan fingerprint density at radius 3 is 2.35 bits per heavy atom. The molecule has 0 bridgehead atoms. The maximum Gasteiger partial charge on any atom is 0.140 e. The largest absolute Gasteiger partial charge is 0.350 e. The predicted molar refractivity (Wildman–Crippen MR) is 113 cm³/mol. The van der Waals surface area contributed by atoms with Crippen LogP contribution in [0.2, 0.25) is 0 Å². The van der Waals surface area contributed by atoms with Crippen molar-refractivity contribution >= 4 is 32.7 Å².